The molecule has 12 heteroatoms. The van der Waals surface area contributed by atoms with Crippen molar-refractivity contribution in [1.82, 2.24) is 14.5 Å². The molecule has 1 fully saturated rings. The number of anilines is 4. The van der Waals surface area contributed by atoms with E-state index in [0.29, 0.717) is 53.4 Å². The third kappa shape index (κ3) is 6.25. The summed E-state index contributed by atoms with van der Waals surface area (Å²) in [5.41, 5.74) is 16.6. The van der Waals surface area contributed by atoms with Gasteiger partial charge in [0.05, 0.1) is 16.1 Å². The van der Waals surface area contributed by atoms with Crippen molar-refractivity contribution in [1.29, 1.82) is 0 Å². The SMILES string of the molecule is Cc1c(NC(=O)c2cc3c(s2)CCCC3)cccc1-c1cn(C)c(=O)c(Nc2ccc(C(=O)N3CCC(C(N)=O)CC3)c(N)c2)n1. The van der Waals surface area contributed by atoms with Crippen LogP contribution in [-0.2, 0) is 24.7 Å². The van der Waals surface area contributed by atoms with Crippen LogP contribution < -0.4 is 27.7 Å². The molecule has 46 heavy (non-hydrogen) atoms. The van der Waals surface area contributed by atoms with Gasteiger partial charge in [-0.3, -0.25) is 19.2 Å². The fourth-order valence-electron chi connectivity index (χ4n) is 6.16. The van der Waals surface area contributed by atoms with Gasteiger partial charge in [-0.05, 0) is 86.9 Å². The summed E-state index contributed by atoms with van der Waals surface area (Å²) in [5, 5.41) is 6.14. The first-order valence-corrected chi connectivity index (χ1v) is 16.3. The van der Waals surface area contributed by atoms with Gasteiger partial charge in [-0.15, -0.1) is 11.3 Å². The number of nitrogens with two attached hydrogens (primary N) is 2. The Kier molecular flexibility index (Phi) is 8.63. The number of amides is 3. The number of carbonyl (C=O) groups excluding carboxylic acids is 3. The van der Waals surface area contributed by atoms with Gasteiger partial charge < -0.3 is 31.6 Å². The number of hydrogen-bond acceptors (Lipinski definition) is 8. The zero-order chi connectivity index (χ0) is 32.5. The summed E-state index contributed by atoms with van der Waals surface area (Å²) < 4.78 is 1.45. The van der Waals surface area contributed by atoms with E-state index in [4.69, 9.17) is 11.5 Å². The number of aromatic nitrogens is 2. The minimum Gasteiger partial charge on any atom is -0.398 e. The number of likely N-dealkylation sites (tertiary alicyclic amines) is 1. The number of nitrogens with one attached hydrogen (secondary N) is 2. The maximum atomic E-state index is 13.2. The van der Waals surface area contributed by atoms with Crippen molar-refractivity contribution in [3.8, 4) is 11.3 Å². The van der Waals surface area contributed by atoms with Gasteiger partial charge >= 0.3 is 0 Å². The number of nitrogen functional groups attached to an aromatic ring is 1. The molecular weight excluding hydrogens is 602 g/mol. The topological polar surface area (TPSA) is 165 Å². The zero-order valence-electron chi connectivity index (χ0n) is 25.9. The summed E-state index contributed by atoms with van der Waals surface area (Å²) in [7, 11) is 1.65. The van der Waals surface area contributed by atoms with Crippen LogP contribution in [0.1, 0.15) is 61.7 Å². The average Bonchev–Trinajstić information content (AvgIpc) is 3.49. The van der Waals surface area contributed by atoms with Crippen molar-refractivity contribution in [2.45, 2.75) is 45.4 Å². The molecule has 6 N–H and O–H groups in total. The van der Waals surface area contributed by atoms with E-state index < -0.39 is 0 Å². The van der Waals surface area contributed by atoms with Gasteiger partial charge in [-0.25, -0.2) is 4.98 Å². The molecule has 2 aromatic carbocycles. The fraction of sp³-hybridized carbons (Fsp3) is 0.324. The van der Waals surface area contributed by atoms with Crippen LogP contribution in [-0.4, -0.2) is 45.3 Å². The lowest BCUT2D eigenvalue weighted by Crippen LogP contribution is -2.41. The molecule has 11 nitrogen and oxygen atoms in total. The molecule has 0 atom stereocenters. The number of fused-ring (bicyclic) bond motifs is 1. The number of hydrogen-bond donors (Lipinski definition) is 4. The van der Waals surface area contributed by atoms with Crippen LogP contribution in [0.15, 0.2) is 53.5 Å². The molecular formula is C34H37N7O4S. The molecule has 0 unspecified atom stereocenters. The van der Waals surface area contributed by atoms with Crippen LogP contribution in [0.5, 0.6) is 0 Å². The number of piperidine rings is 1. The molecule has 2 aliphatic rings. The maximum absolute atomic E-state index is 13.2. The molecule has 1 aliphatic carbocycles. The fourth-order valence-corrected chi connectivity index (χ4v) is 7.31. The predicted octanol–water partition coefficient (Wildman–Crippen LogP) is 4.61. The highest BCUT2D eigenvalue weighted by atomic mass is 32.1. The third-order valence-electron chi connectivity index (χ3n) is 8.88. The first kappa shape index (κ1) is 31.0. The standard InChI is InChI=1S/C34H37N7O4S/c1-19-23(7-5-8-26(19)39-32(43)29-16-21-6-3-4-9-28(21)46-29)27-18-40(2)34(45)31(38-27)37-22-10-11-24(25(35)17-22)33(44)41-14-12-20(13-15-41)30(36)42/h5,7-8,10-11,16-18,20H,3-4,6,9,12-15,35H2,1-2H3,(H2,36,42)(H,37,38)(H,39,43). The molecule has 3 heterocycles. The van der Waals surface area contributed by atoms with Gasteiger partial charge in [0, 0.05) is 59.8 Å². The number of aryl methyl sites for hydroxylation is 3. The number of primary amides is 1. The molecule has 4 aromatic rings. The normalized spacial score (nSPS) is 14.9. The van der Waals surface area contributed by atoms with Gasteiger partial charge in [0.1, 0.15) is 0 Å². The van der Waals surface area contributed by atoms with Gasteiger partial charge in [-0.2, -0.15) is 0 Å². The maximum Gasteiger partial charge on any atom is 0.293 e. The van der Waals surface area contributed by atoms with E-state index in [9.17, 15) is 19.2 Å². The highest BCUT2D eigenvalue weighted by molar-refractivity contribution is 7.14. The lowest BCUT2D eigenvalue weighted by atomic mass is 9.95. The van der Waals surface area contributed by atoms with E-state index in [1.807, 2.05) is 31.2 Å². The second kappa shape index (κ2) is 12.8. The monoisotopic (exact) mass is 639 g/mol. The Labute approximate surface area is 270 Å². The molecule has 0 radical (unpaired) electrons. The van der Waals surface area contributed by atoms with Crippen molar-refractivity contribution in [3.05, 3.63) is 85.5 Å². The van der Waals surface area contributed by atoms with E-state index in [1.165, 1.54) is 15.0 Å². The lowest BCUT2D eigenvalue weighted by molar-refractivity contribution is -0.123. The lowest BCUT2D eigenvalue weighted by Gasteiger charge is -2.31. The van der Waals surface area contributed by atoms with Gasteiger partial charge in [0.15, 0.2) is 5.82 Å². The van der Waals surface area contributed by atoms with Crippen molar-refractivity contribution < 1.29 is 14.4 Å². The van der Waals surface area contributed by atoms with Crippen LogP contribution in [0.2, 0.25) is 0 Å². The Morgan fingerprint density at radius 1 is 1.04 bits per heavy atom. The molecule has 0 bridgehead atoms. The van der Waals surface area contributed by atoms with Crippen molar-refractivity contribution in [2.24, 2.45) is 18.7 Å². The summed E-state index contributed by atoms with van der Waals surface area (Å²) in [6.45, 7) is 2.77. The first-order chi connectivity index (χ1) is 22.1. The summed E-state index contributed by atoms with van der Waals surface area (Å²) in [5.74, 6) is -0.827. The van der Waals surface area contributed by atoms with Gasteiger partial charge in [0.25, 0.3) is 17.4 Å². The summed E-state index contributed by atoms with van der Waals surface area (Å²) >= 11 is 1.57. The largest absolute Gasteiger partial charge is 0.398 e. The average molecular weight is 640 g/mol. The predicted molar refractivity (Wildman–Crippen MR) is 181 cm³/mol. The molecule has 0 spiro atoms. The number of carbonyl (C=O) groups is 3. The molecule has 3 amide bonds. The van der Waals surface area contributed by atoms with Gasteiger partial charge in [0.2, 0.25) is 5.91 Å². The van der Waals surface area contributed by atoms with Crippen LogP contribution in [0.4, 0.5) is 22.9 Å². The summed E-state index contributed by atoms with van der Waals surface area (Å²) in [4.78, 5) is 59.2. The summed E-state index contributed by atoms with van der Waals surface area (Å²) in [6.07, 6.45) is 7.09. The highest BCUT2D eigenvalue weighted by Crippen LogP contribution is 2.32. The van der Waals surface area contributed by atoms with E-state index in [-0.39, 0.29) is 40.7 Å². The first-order valence-electron chi connectivity index (χ1n) is 15.4. The number of nitrogens with zero attached hydrogens (tertiary/aromatic N) is 3. The van der Waals surface area contributed by atoms with Crippen LogP contribution in [0.25, 0.3) is 11.3 Å². The number of thiophene rings is 1. The molecule has 238 valence electrons. The third-order valence-corrected chi connectivity index (χ3v) is 10.1. The Hall–Kier alpha value is -4.97. The Morgan fingerprint density at radius 2 is 1.80 bits per heavy atom. The van der Waals surface area contributed by atoms with Crippen molar-refractivity contribution >= 4 is 51.9 Å². The minimum absolute atomic E-state index is 0.0880. The number of benzene rings is 2. The molecule has 1 saturated heterocycles. The van der Waals surface area contributed by atoms with Crippen LogP contribution in [0, 0.1) is 12.8 Å². The second-order valence-electron chi connectivity index (χ2n) is 12.0. The van der Waals surface area contributed by atoms with E-state index in [2.05, 4.69) is 15.6 Å². The molecule has 0 saturated carbocycles. The molecule has 2 aromatic heterocycles. The Bertz CT molecular complexity index is 1880. The Balaban J connectivity index is 1.20. The van der Waals surface area contributed by atoms with E-state index >= 15 is 0 Å². The smallest absolute Gasteiger partial charge is 0.293 e. The van der Waals surface area contributed by atoms with Crippen molar-refractivity contribution in [3.63, 3.8) is 0 Å². The zero-order valence-corrected chi connectivity index (χ0v) is 26.7. The van der Waals surface area contributed by atoms with Crippen molar-refractivity contribution in [2.75, 3.05) is 29.5 Å². The number of rotatable bonds is 7. The second-order valence-corrected chi connectivity index (χ2v) is 13.1. The minimum atomic E-state index is -0.344. The summed E-state index contributed by atoms with van der Waals surface area (Å²) in [6, 6.07) is 12.5. The molecule has 6 rings (SSSR count). The highest BCUT2D eigenvalue weighted by Gasteiger charge is 2.27. The van der Waals surface area contributed by atoms with E-state index in [0.717, 1.165) is 36.8 Å². The Morgan fingerprint density at radius 3 is 2.52 bits per heavy atom. The van der Waals surface area contributed by atoms with E-state index in [1.54, 1.807) is 47.7 Å². The quantitative estimate of drug-likeness (QED) is 0.214. The van der Waals surface area contributed by atoms with Crippen LogP contribution in [0.3, 0.4) is 0 Å². The molecule has 1 aliphatic heterocycles. The van der Waals surface area contributed by atoms with Gasteiger partial charge in [-0.1, -0.05) is 12.1 Å². The van der Waals surface area contributed by atoms with Crippen LogP contribution >= 0.6 is 11.3 Å².